The molecule has 4 rings (SSSR count). The normalized spacial score (nSPS) is 17.0. The number of carbonyl (C=O) groups is 2. The van der Waals surface area contributed by atoms with Gasteiger partial charge in [0.15, 0.2) is 0 Å². The van der Waals surface area contributed by atoms with Crippen molar-refractivity contribution in [1.29, 1.82) is 0 Å². The molecule has 1 unspecified atom stereocenters. The van der Waals surface area contributed by atoms with Crippen molar-refractivity contribution < 1.29 is 24.2 Å². The molecule has 1 atom stereocenters. The third-order valence-corrected chi connectivity index (χ3v) is 5.84. The topological polar surface area (TPSA) is 76.1 Å². The zero-order valence-corrected chi connectivity index (χ0v) is 19.9. The second kappa shape index (κ2) is 10.9. The van der Waals surface area contributed by atoms with Crippen LogP contribution in [-0.2, 0) is 16.1 Å². The van der Waals surface area contributed by atoms with Gasteiger partial charge in [-0.05, 0) is 60.9 Å². The Morgan fingerprint density at radius 2 is 1.49 bits per heavy atom. The number of amides is 1. The largest absolute Gasteiger partial charge is 0.507 e. The average Bonchev–Trinajstić information content (AvgIpc) is 3.13. The predicted octanol–water partition coefficient (Wildman–Crippen LogP) is 5.50. The molecule has 1 saturated heterocycles. The minimum atomic E-state index is -0.734. The number of aliphatic hydroxyl groups excluding tert-OH is 1. The Kier molecular flexibility index (Phi) is 7.51. The number of nitrogens with zero attached hydrogens (tertiary/aromatic N) is 1. The van der Waals surface area contributed by atoms with Gasteiger partial charge in [0, 0.05) is 12.1 Å². The molecule has 6 nitrogen and oxygen atoms in total. The Morgan fingerprint density at radius 1 is 0.857 bits per heavy atom. The Balaban J connectivity index is 1.77. The quantitative estimate of drug-likeness (QED) is 0.254. The average molecular weight is 472 g/mol. The summed E-state index contributed by atoms with van der Waals surface area (Å²) in [7, 11) is 0. The molecule has 0 saturated carbocycles. The van der Waals surface area contributed by atoms with Crippen molar-refractivity contribution in [3.05, 3.63) is 101 Å². The number of hydrogen-bond acceptors (Lipinski definition) is 5. The first-order valence-corrected chi connectivity index (χ1v) is 11.8. The lowest BCUT2D eigenvalue weighted by Crippen LogP contribution is -2.29. The van der Waals surface area contributed by atoms with Gasteiger partial charge < -0.3 is 19.5 Å². The maximum Gasteiger partial charge on any atom is 0.295 e. The summed E-state index contributed by atoms with van der Waals surface area (Å²) >= 11 is 0. The molecule has 3 aromatic rings. The second-order valence-corrected chi connectivity index (χ2v) is 8.29. The van der Waals surface area contributed by atoms with Gasteiger partial charge in [0.2, 0.25) is 0 Å². The summed E-state index contributed by atoms with van der Waals surface area (Å²) < 4.78 is 11.2. The predicted molar refractivity (Wildman–Crippen MR) is 134 cm³/mol. The van der Waals surface area contributed by atoms with Crippen molar-refractivity contribution in [3.8, 4) is 11.5 Å². The van der Waals surface area contributed by atoms with E-state index < -0.39 is 17.7 Å². The molecule has 0 aromatic heterocycles. The number of benzene rings is 3. The molecule has 35 heavy (non-hydrogen) atoms. The number of aliphatic hydroxyl groups is 1. The molecule has 0 spiro atoms. The van der Waals surface area contributed by atoms with Gasteiger partial charge in [0.25, 0.3) is 11.7 Å². The number of likely N-dealkylation sites (tertiary alicyclic amines) is 1. The molecule has 6 heteroatoms. The summed E-state index contributed by atoms with van der Waals surface area (Å²) in [5.41, 5.74) is 2.12. The monoisotopic (exact) mass is 471 g/mol. The third kappa shape index (κ3) is 5.22. The van der Waals surface area contributed by atoms with E-state index in [2.05, 4.69) is 0 Å². The van der Waals surface area contributed by atoms with Gasteiger partial charge in [-0.15, -0.1) is 0 Å². The molecular weight excluding hydrogens is 442 g/mol. The summed E-state index contributed by atoms with van der Waals surface area (Å²) in [6.07, 6.45) is 0.890. The summed E-state index contributed by atoms with van der Waals surface area (Å²) in [5, 5.41) is 11.2. The summed E-state index contributed by atoms with van der Waals surface area (Å²) in [6.45, 7) is 5.29. The number of rotatable bonds is 9. The molecule has 1 aliphatic heterocycles. The molecular formula is C29H29NO5. The van der Waals surface area contributed by atoms with E-state index in [4.69, 9.17) is 9.47 Å². The smallest absolute Gasteiger partial charge is 0.295 e. The van der Waals surface area contributed by atoms with Gasteiger partial charge in [-0.1, -0.05) is 49.4 Å². The lowest BCUT2D eigenvalue weighted by molar-refractivity contribution is -0.140. The van der Waals surface area contributed by atoms with Crippen LogP contribution in [0.4, 0.5) is 0 Å². The molecule has 1 amide bonds. The Hall–Kier alpha value is -4.06. The van der Waals surface area contributed by atoms with E-state index in [1.54, 1.807) is 24.3 Å². The molecule has 0 radical (unpaired) electrons. The molecule has 0 bridgehead atoms. The van der Waals surface area contributed by atoms with Crippen LogP contribution < -0.4 is 9.47 Å². The first-order valence-electron chi connectivity index (χ1n) is 11.8. The van der Waals surface area contributed by atoms with Crippen LogP contribution in [0.3, 0.4) is 0 Å². The third-order valence-electron chi connectivity index (χ3n) is 5.84. The minimum absolute atomic E-state index is 0.0670. The Labute approximate surface area is 205 Å². The standard InChI is InChI=1S/C29H29NO5/c1-3-18-35-24-14-10-21(11-15-24)26-25(27(31)22-12-16-23(17-13-22)34-4-2)28(32)29(33)30(26)19-20-8-6-5-7-9-20/h5-17,26,31H,3-4,18-19H2,1-2H3. The second-order valence-electron chi connectivity index (χ2n) is 8.29. The van der Waals surface area contributed by atoms with Gasteiger partial charge >= 0.3 is 0 Å². The first kappa shape index (κ1) is 24.1. The molecule has 0 aliphatic carbocycles. The van der Waals surface area contributed by atoms with Crippen LogP contribution in [-0.4, -0.2) is 34.9 Å². The highest BCUT2D eigenvalue weighted by Crippen LogP contribution is 2.40. The molecule has 1 fully saturated rings. The van der Waals surface area contributed by atoms with Gasteiger partial charge in [0.1, 0.15) is 17.3 Å². The number of ether oxygens (including phenoxy) is 2. The highest BCUT2D eigenvalue weighted by Gasteiger charge is 2.46. The van der Waals surface area contributed by atoms with E-state index in [0.29, 0.717) is 30.3 Å². The fourth-order valence-corrected chi connectivity index (χ4v) is 4.17. The van der Waals surface area contributed by atoms with E-state index in [-0.39, 0.29) is 17.9 Å². The van der Waals surface area contributed by atoms with Crippen LogP contribution in [0.15, 0.2) is 84.4 Å². The fourth-order valence-electron chi connectivity index (χ4n) is 4.17. The molecule has 1 N–H and O–H groups in total. The van der Waals surface area contributed by atoms with Crippen molar-refractivity contribution in [1.82, 2.24) is 4.90 Å². The van der Waals surface area contributed by atoms with Gasteiger partial charge in [-0.25, -0.2) is 0 Å². The summed E-state index contributed by atoms with van der Waals surface area (Å²) in [6, 6.07) is 22.9. The van der Waals surface area contributed by atoms with E-state index >= 15 is 0 Å². The van der Waals surface area contributed by atoms with Gasteiger partial charge in [0.05, 0.1) is 24.8 Å². The lowest BCUT2D eigenvalue weighted by Gasteiger charge is -2.25. The number of hydrogen-bond donors (Lipinski definition) is 1. The van der Waals surface area contributed by atoms with Crippen molar-refractivity contribution in [2.45, 2.75) is 32.9 Å². The van der Waals surface area contributed by atoms with Crippen molar-refractivity contribution in [2.75, 3.05) is 13.2 Å². The summed E-state index contributed by atoms with van der Waals surface area (Å²) in [4.78, 5) is 27.9. The zero-order valence-electron chi connectivity index (χ0n) is 19.9. The van der Waals surface area contributed by atoms with E-state index in [9.17, 15) is 14.7 Å². The maximum absolute atomic E-state index is 13.2. The number of Topliss-reactive ketones (excluding diaryl/α,β-unsaturated/α-hetero) is 1. The number of carbonyl (C=O) groups excluding carboxylic acids is 2. The van der Waals surface area contributed by atoms with E-state index in [1.165, 1.54) is 4.90 Å². The molecule has 1 heterocycles. The highest BCUT2D eigenvalue weighted by atomic mass is 16.5. The van der Waals surface area contributed by atoms with Crippen LogP contribution in [0.2, 0.25) is 0 Å². The van der Waals surface area contributed by atoms with Crippen LogP contribution >= 0.6 is 0 Å². The molecule has 180 valence electrons. The van der Waals surface area contributed by atoms with Crippen molar-refractivity contribution >= 4 is 17.4 Å². The van der Waals surface area contributed by atoms with E-state index in [1.807, 2.05) is 68.4 Å². The van der Waals surface area contributed by atoms with Crippen LogP contribution in [0.1, 0.15) is 43.0 Å². The van der Waals surface area contributed by atoms with Crippen LogP contribution in [0, 0.1) is 0 Å². The van der Waals surface area contributed by atoms with Crippen molar-refractivity contribution in [2.24, 2.45) is 0 Å². The van der Waals surface area contributed by atoms with Crippen LogP contribution in [0.25, 0.3) is 5.76 Å². The minimum Gasteiger partial charge on any atom is -0.507 e. The number of ketones is 1. The molecule has 1 aliphatic rings. The fraction of sp³-hybridized carbons (Fsp3) is 0.241. The summed E-state index contributed by atoms with van der Waals surface area (Å²) in [5.74, 6) is -0.186. The SMILES string of the molecule is CCCOc1ccc(C2C(=C(O)c3ccc(OCC)cc3)C(=O)C(=O)N2Cc2ccccc2)cc1. The molecule has 3 aromatic carbocycles. The van der Waals surface area contributed by atoms with Crippen molar-refractivity contribution in [3.63, 3.8) is 0 Å². The highest BCUT2D eigenvalue weighted by molar-refractivity contribution is 6.46. The Bertz CT molecular complexity index is 1200. The lowest BCUT2D eigenvalue weighted by atomic mass is 9.95. The van der Waals surface area contributed by atoms with Gasteiger partial charge in [-0.2, -0.15) is 0 Å². The maximum atomic E-state index is 13.2. The van der Waals surface area contributed by atoms with Crippen LogP contribution in [0.5, 0.6) is 11.5 Å². The Morgan fingerprint density at radius 3 is 2.11 bits per heavy atom. The zero-order chi connectivity index (χ0) is 24.8. The first-order chi connectivity index (χ1) is 17.0. The van der Waals surface area contributed by atoms with E-state index in [0.717, 1.165) is 17.5 Å². The van der Waals surface area contributed by atoms with Gasteiger partial charge in [-0.3, -0.25) is 9.59 Å².